The van der Waals surface area contributed by atoms with Gasteiger partial charge in [-0.1, -0.05) is 18.2 Å². The summed E-state index contributed by atoms with van der Waals surface area (Å²) >= 11 is 0. The zero-order valence-electron chi connectivity index (χ0n) is 16.2. The van der Waals surface area contributed by atoms with Crippen molar-refractivity contribution >= 4 is 28.6 Å². The molecule has 6 nitrogen and oxygen atoms in total. The smallest absolute Gasteiger partial charge is 0.250 e. The molecule has 0 aliphatic heterocycles. The number of hydrogen-bond acceptors (Lipinski definition) is 6. The van der Waals surface area contributed by atoms with Crippen molar-refractivity contribution in [2.75, 3.05) is 5.32 Å². The molecule has 1 N–H and O–H groups in total. The largest absolute Gasteiger partial charge is 0.437 e. The number of carbonyl (C=O) groups is 1. The van der Waals surface area contributed by atoms with E-state index in [1.54, 1.807) is 12.1 Å². The third kappa shape index (κ3) is 3.24. The Balaban J connectivity index is 1.73. The van der Waals surface area contributed by atoms with E-state index >= 15 is 0 Å². The minimum absolute atomic E-state index is 0.138. The summed E-state index contributed by atoms with van der Waals surface area (Å²) in [5.41, 5.74) is 7.27. The number of nitrogens with zero attached hydrogens (tertiary/aromatic N) is 3. The van der Waals surface area contributed by atoms with Crippen LogP contribution in [0.25, 0.3) is 22.2 Å². The van der Waals surface area contributed by atoms with Gasteiger partial charge < -0.3 is 4.42 Å². The Morgan fingerprint density at radius 3 is 2.39 bits per heavy atom. The third-order valence-corrected chi connectivity index (χ3v) is 4.71. The zero-order valence-corrected chi connectivity index (χ0v) is 16.2. The van der Waals surface area contributed by atoms with E-state index in [-0.39, 0.29) is 11.5 Å². The van der Waals surface area contributed by atoms with Gasteiger partial charge in [-0.2, -0.15) is 0 Å². The fourth-order valence-electron chi connectivity index (χ4n) is 3.38. The Morgan fingerprint density at radius 2 is 1.71 bits per heavy atom. The van der Waals surface area contributed by atoms with E-state index < -0.39 is 0 Å². The number of carbonyl (C=O) groups excluding carboxylic acids is 1. The molecule has 0 spiro atoms. The molecular formula is C22H20N4O2. The Morgan fingerprint density at radius 1 is 0.964 bits per heavy atom. The molecule has 28 heavy (non-hydrogen) atoms. The van der Waals surface area contributed by atoms with Gasteiger partial charge in [0.1, 0.15) is 5.52 Å². The average molecular weight is 372 g/mol. The predicted molar refractivity (Wildman–Crippen MR) is 109 cm³/mol. The first-order valence-electron chi connectivity index (χ1n) is 9.02. The maximum Gasteiger partial charge on any atom is 0.250 e. The highest BCUT2D eigenvalue weighted by atomic mass is 16.4. The van der Waals surface area contributed by atoms with Crippen LogP contribution in [0.5, 0.6) is 0 Å². The van der Waals surface area contributed by atoms with Crippen molar-refractivity contribution in [3.05, 3.63) is 64.9 Å². The van der Waals surface area contributed by atoms with E-state index in [4.69, 9.17) is 4.42 Å². The van der Waals surface area contributed by atoms with Crippen LogP contribution in [0.4, 0.5) is 11.8 Å². The Bertz CT molecular complexity index is 1190. The molecular weight excluding hydrogens is 352 g/mol. The summed E-state index contributed by atoms with van der Waals surface area (Å²) in [4.78, 5) is 15.9. The summed E-state index contributed by atoms with van der Waals surface area (Å²) in [5, 5.41) is 11.5. The second-order valence-electron chi connectivity index (χ2n) is 6.91. The Kier molecular flexibility index (Phi) is 4.39. The molecule has 2 aromatic heterocycles. The number of hydrogen-bond donors (Lipinski definition) is 1. The quantitative estimate of drug-likeness (QED) is 0.499. The second-order valence-corrected chi connectivity index (χ2v) is 6.91. The molecule has 140 valence electrons. The lowest BCUT2D eigenvalue weighted by Gasteiger charge is -2.12. The summed E-state index contributed by atoms with van der Waals surface area (Å²) in [6.45, 7) is 7.68. The van der Waals surface area contributed by atoms with E-state index in [1.165, 1.54) is 23.6 Å². The number of benzene rings is 2. The number of nitrogens with one attached hydrogen (secondary N) is 1. The van der Waals surface area contributed by atoms with Gasteiger partial charge in [0.2, 0.25) is 11.8 Å². The molecule has 0 fully saturated rings. The van der Waals surface area contributed by atoms with Gasteiger partial charge in [-0.05, 0) is 66.8 Å². The molecule has 6 heteroatoms. The molecule has 0 amide bonds. The number of ketones is 1. The summed E-state index contributed by atoms with van der Waals surface area (Å²) in [7, 11) is 0. The van der Waals surface area contributed by atoms with Gasteiger partial charge in [0, 0.05) is 13.0 Å². The van der Waals surface area contributed by atoms with Crippen LogP contribution in [0.15, 0.2) is 46.9 Å². The number of aromatic nitrogens is 3. The Hall–Kier alpha value is -3.54. The first-order valence-corrected chi connectivity index (χ1v) is 9.02. The molecule has 0 bridgehead atoms. The van der Waals surface area contributed by atoms with E-state index in [1.807, 2.05) is 13.0 Å². The lowest BCUT2D eigenvalue weighted by molar-refractivity contribution is 0.0988. The Labute approximate surface area is 162 Å². The molecule has 0 radical (unpaired) electrons. The molecule has 0 aliphatic rings. The van der Waals surface area contributed by atoms with Crippen LogP contribution in [-0.4, -0.2) is 21.0 Å². The molecule has 2 heterocycles. The van der Waals surface area contributed by atoms with Crippen molar-refractivity contribution in [1.29, 1.82) is 0 Å². The molecule has 0 unspecified atom stereocenters. The lowest BCUT2D eigenvalue weighted by Crippen LogP contribution is -2.00. The van der Waals surface area contributed by atoms with Crippen molar-refractivity contribution < 1.29 is 9.21 Å². The molecule has 0 saturated carbocycles. The molecule has 4 aromatic rings. The van der Waals surface area contributed by atoms with Crippen LogP contribution < -0.4 is 5.32 Å². The minimum atomic E-state index is -0.138. The van der Waals surface area contributed by atoms with Crippen molar-refractivity contribution in [1.82, 2.24) is 15.2 Å². The molecule has 0 aliphatic carbocycles. The van der Waals surface area contributed by atoms with Gasteiger partial charge in [0.05, 0.1) is 5.52 Å². The molecule has 2 aromatic carbocycles. The van der Waals surface area contributed by atoms with Gasteiger partial charge in [-0.15, -0.1) is 10.2 Å². The standard InChI is InChI=1S/C22H20N4O2/c1-12-6-5-7-13(2)20(12)16-10-14(3)21-17(11-16)25-26-22(24-21)23-19-9-8-18(28-19)15(4)27/h5-11H,1-4H3,(H,23,24,26). The lowest BCUT2D eigenvalue weighted by atomic mass is 9.94. The molecule has 0 saturated heterocycles. The highest BCUT2D eigenvalue weighted by Crippen LogP contribution is 2.31. The summed E-state index contributed by atoms with van der Waals surface area (Å²) in [6.07, 6.45) is 0. The van der Waals surface area contributed by atoms with Crippen molar-refractivity contribution in [3.63, 3.8) is 0 Å². The number of aryl methyl sites for hydroxylation is 3. The summed E-state index contributed by atoms with van der Waals surface area (Å²) < 4.78 is 5.43. The number of fused-ring (bicyclic) bond motifs is 1. The third-order valence-electron chi connectivity index (χ3n) is 4.71. The average Bonchev–Trinajstić information content (AvgIpc) is 3.11. The number of rotatable bonds is 4. The maximum absolute atomic E-state index is 11.4. The topological polar surface area (TPSA) is 80.9 Å². The van der Waals surface area contributed by atoms with Crippen molar-refractivity contribution in [2.45, 2.75) is 27.7 Å². The zero-order chi connectivity index (χ0) is 19.8. The fourth-order valence-corrected chi connectivity index (χ4v) is 3.38. The number of anilines is 2. The van der Waals surface area contributed by atoms with Gasteiger partial charge >= 0.3 is 0 Å². The van der Waals surface area contributed by atoms with Gasteiger partial charge in [0.15, 0.2) is 11.5 Å². The SMILES string of the molecule is CC(=O)c1ccc(Nc2nnc3cc(-c4c(C)cccc4C)cc(C)c3n2)o1. The van der Waals surface area contributed by atoms with E-state index in [2.05, 4.69) is 58.6 Å². The van der Waals surface area contributed by atoms with Gasteiger partial charge in [-0.25, -0.2) is 4.98 Å². The summed E-state index contributed by atoms with van der Waals surface area (Å²) in [5.74, 6) is 0.863. The first kappa shape index (κ1) is 17.9. The normalized spacial score (nSPS) is 11.0. The number of Topliss-reactive ketones (excluding diaryl/α,β-unsaturated/α-hetero) is 1. The maximum atomic E-state index is 11.4. The fraction of sp³-hybridized carbons (Fsp3) is 0.182. The van der Waals surface area contributed by atoms with E-state index in [9.17, 15) is 4.79 Å². The highest BCUT2D eigenvalue weighted by Gasteiger charge is 2.12. The van der Waals surface area contributed by atoms with Crippen LogP contribution in [0.2, 0.25) is 0 Å². The van der Waals surface area contributed by atoms with Gasteiger partial charge in [0.25, 0.3) is 0 Å². The van der Waals surface area contributed by atoms with Gasteiger partial charge in [-0.3, -0.25) is 10.1 Å². The van der Waals surface area contributed by atoms with E-state index in [0.29, 0.717) is 11.8 Å². The molecule has 0 atom stereocenters. The van der Waals surface area contributed by atoms with Crippen LogP contribution in [0, 0.1) is 20.8 Å². The summed E-state index contributed by atoms with van der Waals surface area (Å²) in [6, 6.07) is 13.7. The van der Waals surface area contributed by atoms with Crippen LogP contribution in [-0.2, 0) is 0 Å². The highest BCUT2D eigenvalue weighted by molar-refractivity contribution is 5.91. The monoisotopic (exact) mass is 372 g/mol. The van der Waals surface area contributed by atoms with Crippen LogP contribution >= 0.6 is 0 Å². The molecule has 4 rings (SSSR count). The number of furan rings is 1. The van der Waals surface area contributed by atoms with Crippen LogP contribution in [0.3, 0.4) is 0 Å². The van der Waals surface area contributed by atoms with Crippen molar-refractivity contribution in [2.24, 2.45) is 0 Å². The van der Waals surface area contributed by atoms with E-state index in [0.717, 1.165) is 22.2 Å². The van der Waals surface area contributed by atoms with Crippen molar-refractivity contribution in [3.8, 4) is 11.1 Å². The second kappa shape index (κ2) is 6.88. The van der Waals surface area contributed by atoms with Crippen LogP contribution in [0.1, 0.15) is 34.2 Å². The predicted octanol–water partition coefficient (Wildman–Crippen LogP) is 5.16. The minimum Gasteiger partial charge on any atom is -0.437 e. The first-order chi connectivity index (χ1) is 13.4.